The second-order valence-corrected chi connectivity index (χ2v) is 7.71. The number of fused-ring (bicyclic) bond motifs is 4. The molecule has 2 N–H and O–H groups in total. The van der Waals surface area contributed by atoms with Crippen molar-refractivity contribution in [1.29, 1.82) is 0 Å². The van der Waals surface area contributed by atoms with Crippen molar-refractivity contribution in [2.45, 2.75) is 6.92 Å². The van der Waals surface area contributed by atoms with Gasteiger partial charge in [0.1, 0.15) is 16.9 Å². The van der Waals surface area contributed by atoms with Crippen molar-refractivity contribution in [2.24, 2.45) is 0 Å². The van der Waals surface area contributed by atoms with E-state index in [0.29, 0.717) is 38.6 Å². The molecule has 0 aliphatic rings. The van der Waals surface area contributed by atoms with Gasteiger partial charge in [-0.05, 0) is 36.8 Å². The SMILES string of the molecule is Cc1ccccc1-c1[nH]c2ccc3nccnc3c2c1-c1c(O)c2ccccc2oc1=O. The smallest absolute Gasteiger partial charge is 0.348 e. The van der Waals surface area contributed by atoms with E-state index in [9.17, 15) is 9.90 Å². The summed E-state index contributed by atoms with van der Waals surface area (Å²) in [5.41, 5.74) is 5.17. The monoisotopic (exact) mass is 419 g/mol. The van der Waals surface area contributed by atoms with E-state index >= 15 is 0 Å². The topological polar surface area (TPSA) is 92.0 Å². The van der Waals surface area contributed by atoms with E-state index in [1.165, 1.54) is 0 Å². The van der Waals surface area contributed by atoms with Crippen LogP contribution in [0, 0.1) is 6.92 Å². The van der Waals surface area contributed by atoms with Gasteiger partial charge in [0.05, 0.1) is 22.1 Å². The van der Waals surface area contributed by atoms with Crippen molar-refractivity contribution in [2.75, 3.05) is 0 Å². The van der Waals surface area contributed by atoms with Gasteiger partial charge in [-0.2, -0.15) is 0 Å². The third-order valence-electron chi connectivity index (χ3n) is 5.85. The number of aromatic amines is 1. The molecule has 6 nitrogen and oxygen atoms in total. The number of aryl methyl sites for hydroxylation is 1. The number of nitrogens with zero attached hydrogens (tertiary/aromatic N) is 2. The molecule has 3 aromatic heterocycles. The second kappa shape index (κ2) is 6.78. The van der Waals surface area contributed by atoms with Crippen LogP contribution in [0.25, 0.3) is 55.3 Å². The minimum absolute atomic E-state index is 0.103. The Morgan fingerprint density at radius 3 is 2.56 bits per heavy atom. The molecule has 154 valence electrons. The Hall–Kier alpha value is -4.45. The number of aromatic hydroxyl groups is 1. The van der Waals surface area contributed by atoms with E-state index in [1.54, 1.807) is 36.7 Å². The Morgan fingerprint density at radius 2 is 1.69 bits per heavy atom. The minimum atomic E-state index is -0.613. The standard InChI is InChI=1S/C26H17N3O3/c1-14-6-2-3-7-15(14)23-21(20-17(29-23)10-11-18-24(20)28-13-12-27-18)22-25(30)16-8-4-5-9-19(16)32-26(22)31/h2-13,29-30H,1H3. The van der Waals surface area contributed by atoms with Crippen LogP contribution in [-0.4, -0.2) is 20.1 Å². The van der Waals surface area contributed by atoms with Gasteiger partial charge in [0.15, 0.2) is 0 Å². The summed E-state index contributed by atoms with van der Waals surface area (Å²) in [5.74, 6) is -0.117. The maximum atomic E-state index is 13.2. The zero-order valence-corrected chi connectivity index (χ0v) is 17.1. The molecule has 6 heteroatoms. The first-order valence-corrected chi connectivity index (χ1v) is 10.2. The molecule has 0 aliphatic heterocycles. The van der Waals surface area contributed by atoms with E-state index in [-0.39, 0.29) is 11.3 Å². The summed E-state index contributed by atoms with van der Waals surface area (Å²) in [5, 5.41) is 12.4. The number of hydrogen-bond donors (Lipinski definition) is 2. The molecule has 3 heterocycles. The molecule has 3 aromatic carbocycles. The molecule has 0 unspecified atom stereocenters. The highest BCUT2D eigenvalue weighted by molar-refractivity contribution is 6.16. The summed E-state index contributed by atoms with van der Waals surface area (Å²) in [6.45, 7) is 2.01. The van der Waals surface area contributed by atoms with E-state index in [0.717, 1.165) is 16.6 Å². The molecular weight excluding hydrogens is 402 g/mol. The van der Waals surface area contributed by atoms with E-state index in [1.807, 2.05) is 43.3 Å². The summed E-state index contributed by atoms with van der Waals surface area (Å²) in [6, 6.07) is 18.6. The molecule has 0 saturated carbocycles. The van der Waals surface area contributed by atoms with Crippen molar-refractivity contribution >= 4 is 32.9 Å². The van der Waals surface area contributed by atoms with Gasteiger partial charge < -0.3 is 14.5 Å². The number of benzene rings is 3. The van der Waals surface area contributed by atoms with Gasteiger partial charge in [-0.25, -0.2) is 4.79 Å². The quantitative estimate of drug-likeness (QED) is 0.358. The first-order valence-electron chi connectivity index (χ1n) is 10.2. The summed E-state index contributed by atoms with van der Waals surface area (Å²) >= 11 is 0. The molecule has 0 aliphatic carbocycles. The zero-order valence-electron chi connectivity index (χ0n) is 17.1. The van der Waals surface area contributed by atoms with Gasteiger partial charge in [-0.1, -0.05) is 36.4 Å². The van der Waals surface area contributed by atoms with E-state index in [4.69, 9.17) is 4.42 Å². The second-order valence-electron chi connectivity index (χ2n) is 7.71. The van der Waals surface area contributed by atoms with Gasteiger partial charge in [-0.15, -0.1) is 0 Å². The van der Waals surface area contributed by atoms with Crippen molar-refractivity contribution in [3.8, 4) is 28.1 Å². The van der Waals surface area contributed by atoms with Crippen LogP contribution in [0.1, 0.15) is 5.56 Å². The lowest BCUT2D eigenvalue weighted by Crippen LogP contribution is -2.04. The van der Waals surface area contributed by atoms with Crippen LogP contribution < -0.4 is 5.63 Å². The Kier molecular flexibility index (Phi) is 3.89. The highest BCUT2D eigenvalue weighted by atomic mass is 16.4. The molecular formula is C26H17N3O3. The number of rotatable bonds is 2. The zero-order chi connectivity index (χ0) is 21.8. The number of para-hydroxylation sites is 1. The van der Waals surface area contributed by atoms with Crippen molar-refractivity contribution in [3.63, 3.8) is 0 Å². The highest BCUT2D eigenvalue weighted by Crippen LogP contribution is 2.44. The van der Waals surface area contributed by atoms with Gasteiger partial charge in [-0.3, -0.25) is 9.97 Å². The summed E-state index contributed by atoms with van der Waals surface area (Å²) < 4.78 is 5.61. The molecule has 0 saturated heterocycles. The molecule has 0 fully saturated rings. The lowest BCUT2D eigenvalue weighted by Gasteiger charge is -2.10. The first-order chi connectivity index (χ1) is 15.6. The predicted molar refractivity (Wildman–Crippen MR) is 125 cm³/mol. The molecule has 6 aromatic rings. The Balaban J connectivity index is 1.86. The molecule has 0 radical (unpaired) electrons. The van der Waals surface area contributed by atoms with Crippen LogP contribution in [0.15, 0.2) is 82.3 Å². The maximum absolute atomic E-state index is 13.2. The van der Waals surface area contributed by atoms with Crippen LogP contribution in [-0.2, 0) is 0 Å². The maximum Gasteiger partial charge on any atom is 0.348 e. The minimum Gasteiger partial charge on any atom is -0.506 e. The van der Waals surface area contributed by atoms with Gasteiger partial charge in [0.2, 0.25) is 0 Å². The van der Waals surface area contributed by atoms with Gasteiger partial charge >= 0.3 is 5.63 Å². The fourth-order valence-electron chi connectivity index (χ4n) is 4.38. The van der Waals surface area contributed by atoms with Crippen LogP contribution in [0.2, 0.25) is 0 Å². The Labute approximate surface area is 181 Å². The molecule has 0 atom stereocenters. The molecule has 0 spiro atoms. The third-order valence-corrected chi connectivity index (χ3v) is 5.85. The largest absolute Gasteiger partial charge is 0.506 e. The predicted octanol–water partition coefficient (Wildman–Crippen LogP) is 5.57. The van der Waals surface area contributed by atoms with Gasteiger partial charge in [0, 0.05) is 34.4 Å². The molecule has 0 amide bonds. The normalized spacial score (nSPS) is 11.5. The summed E-state index contributed by atoms with van der Waals surface area (Å²) in [6.07, 6.45) is 3.25. The molecule has 32 heavy (non-hydrogen) atoms. The van der Waals surface area contributed by atoms with Crippen LogP contribution >= 0.6 is 0 Å². The average molecular weight is 419 g/mol. The molecule has 6 rings (SSSR count). The van der Waals surface area contributed by atoms with Crippen molar-refractivity contribution in [1.82, 2.24) is 15.0 Å². The van der Waals surface area contributed by atoms with Crippen LogP contribution in [0.4, 0.5) is 0 Å². The molecule has 0 bridgehead atoms. The lowest BCUT2D eigenvalue weighted by atomic mass is 9.95. The summed E-state index contributed by atoms with van der Waals surface area (Å²) in [7, 11) is 0. The average Bonchev–Trinajstić information content (AvgIpc) is 3.19. The van der Waals surface area contributed by atoms with Crippen LogP contribution in [0.3, 0.4) is 0 Å². The number of aromatic nitrogens is 3. The number of H-pyrrole nitrogens is 1. The number of nitrogens with one attached hydrogen (secondary N) is 1. The Bertz CT molecular complexity index is 1730. The number of hydrogen-bond acceptors (Lipinski definition) is 5. The first kappa shape index (κ1) is 18.3. The lowest BCUT2D eigenvalue weighted by molar-refractivity contribution is 0.471. The fraction of sp³-hybridized carbons (Fsp3) is 0.0385. The van der Waals surface area contributed by atoms with E-state index < -0.39 is 5.63 Å². The third kappa shape index (κ3) is 2.56. The van der Waals surface area contributed by atoms with E-state index in [2.05, 4.69) is 15.0 Å². The van der Waals surface area contributed by atoms with Crippen molar-refractivity contribution in [3.05, 3.63) is 89.0 Å². The fourth-order valence-corrected chi connectivity index (χ4v) is 4.38. The Morgan fingerprint density at radius 1 is 0.906 bits per heavy atom. The van der Waals surface area contributed by atoms with Gasteiger partial charge in [0.25, 0.3) is 0 Å². The van der Waals surface area contributed by atoms with Crippen LogP contribution in [0.5, 0.6) is 5.75 Å². The highest BCUT2D eigenvalue weighted by Gasteiger charge is 2.25. The van der Waals surface area contributed by atoms with Crippen molar-refractivity contribution < 1.29 is 9.52 Å². The summed E-state index contributed by atoms with van der Waals surface area (Å²) in [4.78, 5) is 25.6.